The minimum Gasteiger partial charge on any atom is -0.300 e. The van der Waals surface area contributed by atoms with Crippen molar-refractivity contribution in [3.63, 3.8) is 0 Å². The zero-order valence-electron chi connectivity index (χ0n) is 9.45. The molecule has 1 aliphatic carbocycles. The molecule has 2 nitrogen and oxygen atoms in total. The molecule has 84 valence electrons. The van der Waals surface area contributed by atoms with Crippen LogP contribution in [0.2, 0.25) is 0 Å². The van der Waals surface area contributed by atoms with E-state index in [1.54, 1.807) is 0 Å². The Balaban J connectivity index is 1.54. The van der Waals surface area contributed by atoms with E-state index in [-0.39, 0.29) is 0 Å². The van der Waals surface area contributed by atoms with Crippen molar-refractivity contribution < 1.29 is 4.79 Å². The lowest BCUT2D eigenvalue weighted by Crippen LogP contribution is -2.44. The van der Waals surface area contributed by atoms with Gasteiger partial charge < -0.3 is 0 Å². The molecule has 1 saturated carbocycles. The number of carbonyl (C=O) groups is 1. The standard InChI is InChI=1S/C13H21NO/c15-13-8-11-4-5-12(9-13)14(11)7-6-10-2-1-3-10/h10-12H,1-9H2. The molecule has 2 aliphatic heterocycles. The van der Waals surface area contributed by atoms with Gasteiger partial charge in [-0.05, 0) is 31.7 Å². The molecule has 0 spiro atoms. The molecule has 0 N–H and O–H groups in total. The van der Waals surface area contributed by atoms with Crippen LogP contribution < -0.4 is 0 Å². The summed E-state index contributed by atoms with van der Waals surface area (Å²) < 4.78 is 0. The lowest BCUT2D eigenvalue weighted by atomic mass is 9.82. The lowest BCUT2D eigenvalue weighted by Gasteiger charge is -2.36. The first-order valence-corrected chi connectivity index (χ1v) is 6.60. The summed E-state index contributed by atoms with van der Waals surface area (Å²) in [6, 6.07) is 1.24. The number of piperidine rings is 1. The number of ketones is 1. The van der Waals surface area contributed by atoms with Crippen LogP contribution in [0.25, 0.3) is 0 Å². The van der Waals surface area contributed by atoms with Gasteiger partial charge in [0.2, 0.25) is 0 Å². The van der Waals surface area contributed by atoms with E-state index in [9.17, 15) is 4.79 Å². The van der Waals surface area contributed by atoms with Crippen LogP contribution in [0.1, 0.15) is 51.4 Å². The Hall–Kier alpha value is -0.370. The monoisotopic (exact) mass is 207 g/mol. The second-order valence-corrected chi connectivity index (χ2v) is 5.66. The van der Waals surface area contributed by atoms with Crippen molar-refractivity contribution in [3.8, 4) is 0 Å². The molecule has 15 heavy (non-hydrogen) atoms. The largest absolute Gasteiger partial charge is 0.300 e. The lowest BCUT2D eigenvalue weighted by molar-refractivity contribution is -0.123. The molecule has 3 aliphatic rings. The topological polar surface area (TPSA) is 20.3 Å². The predicted octanol–water partition coefficient (Wildman–Crippen LogP) is 2.37. The average Bonchev–Trinajstić information content (AvgIpc) is 2.39. The van der Waals surface area contributed by atoms with Gasteiger partial charge in [0.25, 0.3) is 0 Å². The van der Waals surface area contributed by atoms with E-state index < -0.39 is 0 Å². The molecule has 2 atom stereocenters. The normalized spacial score (nSPS) is 36.9. The summed E-state index contributed by atoms with van der Waals surface area (Å²) in [5.41, 5.74) is 0. The summed E-state index contributed by atoms with van der Waals surface area (Å²) in [5.74, 6) is 1.53. The first kappa shape index (κ1) is 9.83. The van der Waals surface area contributed by atoms with E-state index >= 15 is 0 Å². The molecule has 0 radical (unpaired) electrons. The molecule has 0 aromatic heterocycles. The molecular weight excluding hydrogens is 186 g/mol. The van der Waals surface area contributed by atoms with Crippen LogP contribution in [0.5, 0.6) is 0 Å². The van der Waals surface area contributed by atoms with E-state index in [4.69, 9.17) is 0 Å². The van der Waals surface area contributed by atoms with Gasteiger partial charge >= 0.3 is 0 Å². The van der Waals surface area contributed by atoms with Gasteiger partial charge in [0.15, 0.2) is 0 Å². The van der Waals surface area contributed by atoms with Crippen LogP contribution in [0.3, 0.4) is 0 Å². The first-order valence-electron chi connectivity index (χ1n) is 6.60. The van der Waals surface area contributed by atoms with Crippen LogP contribution in [0, 0.1) is 5.92 Å². The fraction of sp³-hybridized carbons (Fsp3) is 0.923. The zero-order valence-corrected chi connectivity index (χ0v) is 9.45. The quantitative estimate of drug-likeness (QED) is 0.708. The molecule has 3 fully saturated rings. The Morgan fingerprint density at radius 3 is 2.27 bits per heavy atom. The van der Waals surface area contributed by atoms with Crippen LogP contribution >= 0.6 is 0 Å². The molecule has 0 aromatic rings. The number of hydrogen-bond donors (Lipinski definition) is 0. The number of carbonyl (C=O) groups excluding carboxylic acids is 1. The minimum atomic E-state index is 0.516. The number of fused-ring (bicyclic) bond motifs is 2. The summed E-state index contributed by atoms with van der Waals surface area (Å²) in [4.78, 5) is 14.1. The second kappa shape index (κ2) is 3.89. The van der Waals surface area contributed by atoms with Gasteiger partial charge in [0.05, 0.1) is 0 Å². The Labute approximate surface area is 92.0 Å². The van der Waals surface area contributed by atoms with Gasteiger partial charge in [-0.1, -0.05) is 19.3 Å². The maximum Gasteiger partial charge on any atom is 0.136 e. The van der Waals surface area contributed by atoms with Crippen molar-refractivity contribution in [1.82, 2.24) is 4.90 Å². The van der Waals surface area contributed by atoms with Gasteiger partial charge in [-0.15, -0.1) is 0 Å². The van der Waals surface area contributed by atoms with Gasteiger partial charge in [0, 0.05) is 24.9 Å². The van der Waals surface area contributed by atoms with Crippen LogP contribution in [0.4, 0.5) is 0 Å². The highest BCUT2D eigenvalue weighted by Gasteiger charge is 2.39. The Morgan fingerprint density at radius 1 is 1.07 bits per heavy atom. The summed E-state index contributed by atoms with van der Waals surface area (Å²) >= 11 is 0. The number of Topliss-reactive ketones (excluding diaryl/α,β-unsaturated/α-hetero) is 1. The highest BCUT2D eigenvalue weighted by Crippen LogP contribution is 2.36. The Morgan fingerprint density at radius 2 is 1.73 bits per heavy atom. The summed E-state index contributed by atoms with van der Waals surface area (Å²) in [6.07, 6.45) is 10.0. The van der Waals surface area contributed by atoms with Gasteiger partial charge in [-0.2, -0.15) is 0 Å². The van der Waals surface area contributed by atoms with E-state index in [0.29, 0.717) is 17.9 Å². The number of hydrogen-bond acceptors (Lipinski definition) is 2. The second-order valence-electron chi connectivity index (χ2n) is 5.66. The third-order valence-corrected chi connectivity index (χ3v) is 4.72. The van der Waals surface area contributed by atoms with Gasteiger partial charge in [0.1, 0.15) is 5.78 Å². The minimum absolute atomic E-state index is 0.516. The van der Waals surface area contributed by atoms with E-state index in [1.165, 1.54) is 45.1 Å². The molecular formula is C13H21NO. The van der Waals surface area contributed by atoms with Crippen molar-refractivity contribution in [2.45, 2.75) is 63.5 Å². The SMILES string of the molecule is O=C1CC2CCC(C1)N2CCC1CCC1. The highest BCUT2D eigenvalue weighted by atomic mass is 16.1. The average molecular weight is 207 g/mol. The maximum atomic E-state index is 11.4. The number of rotatable bonds is 3. The maximum absolute atomic E-state index is 11.4. The first-order chi connectivity index (χ1) is 7.33. The Kier molecular flexibility index (Phi) is 2.55. The summed E-state index contributed by atoms with van der Waals surface area (Å²) in [7, 11) is 0. The van der Waals surface area contributed by atoms with Gasteiger partial charge in [-0.25, -0.2) is 0 Å². The van der Waals surface area contributed by atoms with Crippen LogP contribution in [-0.4, -0.2) is 29.3 Å². The fourth-order valence-corrected chi connectivity index (χ4v) is 3.54. The van der Waals surface area contributed by atoms with Gasteiger partial charge in [-0.3, -0.25) is 9.69 Å². The molecule has 2 heteroatoms. The predicted molar refractivity (Wildman–Crippen MR) is 59.7 cm³/mol. The van der Waals surface area contributed by atoms with Crippen molar-refractivity contribution in [3.05, 3.63) is 0 Å². The number of nitrogens with zero attached hydrogens (tertiary/aromatic N) is 1. The fourth-order valence-electron chi connectivity index (χ4n) is 3.54. The zero-order chi connectivity index (χ0) is 10.3. The molecule has 2 heterocycles. The third-order valence-electron chi connectivity index (χ3n) is 4.72. The van der Waals surface area contributed by atoms with E-state index in [2.05, 4.69) is 4.90 Å². The molecule has 2 saturated heterocycles. The Bertz CT molecular complexity index is 243. The summed E-state index contributed by atoms with van der Waals surface area (Å²) in [5, 5.41) is 0. The van der Waals surface area contributed by atoms with Crippen LogP contribution in [0.15, 0.2) is 0 Å². The van der Waals surface area contributed by atoms with Crippen molar-refractivity contribution >= 4 is 5.78 Å². The van der Waals surface area contributed by atoms with E-state index in [0.717, 1.165) is 18.8 Å². The van der Waals surface area contributed by atoms with Crippen molar-refractivity contribution in [2.75, 3.05) is 6.54 Å². The molecule has 3 rings (SSSR count). The summed E-state index contributed by atoms with van der Waals surface area (Å²) in [6.45, 7) is 1.27. The molecule has 0 amide bonds. The van der Waals surface area contributed by atoms with E-state index in [1.807, 2.05) is 0 Å². The molecule has 2 bridgehead atoms. The van der Waals surface area contributed by atoms with Crippen molar-refractivity contribution in [1.29, 1.82) is 0 Å². The molecule has 2 unspecified atom stereocenters. The third kappa shape index (κ3) is 1.84. The highest BCUT2D eigenvalue weighted by molar-refractivity contribution is 5.80. The smallest absolute Gasteiger partial charge is 0.136 e. The van der Waals surface area contributed by atoms with Crippen LogP contribution in [-0.2, 0) is 4.79 Å². The van der Waals surface area contributed by atoms with Crippen molar-refractivity contribution in [2.24, 2.45) is 5.92 Å². The molecule has 0 aromatic carbocycles.